The first-order valence-corrected chi connectivity index (χ1v) is 7.63. The van der Waals surface area contributed by atoms with Crippen molar-refractivity contribution in [1.82, 2.24) is 15.3 Å². The van der Waals surface area contributed by atoms with Gasteiger partial charge in [-0.05, 0) is 49.9 Å². The van der Waals surface area contributed by atoms with Gasteiger partial charge in [0.15, 0.2) is 0 Å². The fraction of sp³-hybridized carbons (Fsp3) is 0.353. The summed E-state index contributed by atoms with van der Waals surface area (Å²) >= 11 is 0. The largest absolute Gasteiger partial charge is 0.321 e. The van der Waals surface area contributed by atoms with E-state index in [9.17, 15) is 4.79 Å². The van der Waals surface area contributed by atoms with Crippen LogP contribution in [0.5, 0.6) is 0 Å². The maximum Gasteiger partial charge on any atom is 0.275 e. The summed E-state index contributed by atoms with van der Waals surface area (Å²) in [5.41, 5.74) is 3.22. The highest BCUT2D eigenvalue weighted by molar-refractivity contribution is 6.02. The van der Waals surface area contributed by atoms with E-state index in [0.717, 1.165) is 24.5 Å². The summed E-state index contributed by atoms with van der Waals surface area (Å²) in [6, 6.07) is 8.08. The minimum Gasteiger partial charge on any atom is -0.321 e. The third-order valence-electron chi connectivity index (χ3n) is 3.95. The van der Waals surface area contributed by atoms with Gasteiger partial charge in [0.25, 0.3) is 5.91 Å². The van der Waals surface area contributed by atoms with Gasteiger partial charge in [-0.1, -0.05) is 12.1 Å². The zero-order valence-corrected chi connectivity index (χ0v) is 13.9. The van der Waals surface area contributed by atoms with Gasteiger partial charge in [0, 0.05) is 18.4 Å². The molecule has 0 radical (unpaired) electrons. The molecule has 2 N–H and O–H groups in total. The highest BCUT2D eigenvalue weighted by atomic mass is 35.5. The van der Waals surface area contributed by atoms with Crippen LogP contribution in [-0.4, -0.2) is 29.0 Å². The van der Waals surface area contributed by atoms with E-state index in [2.05, 4.69) is 32.7 Å². The van der Waals surface area contributed by atoms with Gasteiger partial charge >= 0.3 is 0 Å². The van der Waals surface area contributed by atoms with Crippen molar-refractivity contribution in [2.24, 2.45) is 0 Å². The van der Waals surface area contributed by atoms with E-state index < -0.39 is 0 Å². The molecule has 1 fully saturated rings. The van der Waals surface area contributed by atoms with Crippen LogP contribution in [0.15, 0.2) is 36.7 Å². The fourth-order valence-corrected chi connectivity index (χ4v) is 2.68. The molecule has 1 aliphatic heterocycles. The Morgan fingerprint density at radius 1 is 1.22 bits per heavy atom. The van der Waals surface area contributed by atoms with Gasteiger partial charge in [-0.2, -0.15) is 0 Å². The number of hydrogen-bond acceptors (Lipinski definition) is 4. The summed E-state index contributed by atoms with van der Waals surface area (Å²) in [6.45, 7) is 3.99. The van der Waals surface area contributed by atoms with Crippen molar-refractivity contribution in [3.63, 3.8) is 0 Å². The molecule has 23 heavy (non-hydrogen) atoms. The smallest absolute Gasteiger partial charge is 0.275 e. The Morgan fingerprint density at radius 3 is 2.61 bits per heavy atom. The Bertz CT molecular complexity index is 637. The molecule has 3 rings (SSSR count). The Hall–Kier alpha value is -1.98. The van der Waals surface area contributed by atoms with E-state index in [1.165, 1.54) is 24.6 Å². The van der Waals surface area contributed by atoms with E-state index in [1.807, 2.05) is 19.1 Å². The van der Waals surface area contributed by atoms with Gasteiger partial charge in [-0.3, -0.25) is 9.78 Å². The van der Waals surface area contributed by atoms with Gasteiger partial charge in [0.1, 0.15) is 5.69 Å². The second-order valence-electron chi connectivity index (χ2n) is 5.66. The summed E-state index contributed by atoms with van der Waals surface area (Å²) in [4.78, 5) is 20.3. The topological polar surface area (TPSA) is 66.9 Å². The maximum absolute atomic E-state index is 12.1. The average molecular weight is 333 g/mol. The van der Waals surface area contributed by atoms with Crippen LogP contribution in [0.4, 0.5) is 5.69 Å². The second kappa shape index (κ2) is 8.04. The number of piperidine rings is 1. The number of aromatic nitrogens is 2. The molecule has 2 aromatic rings. The molecule has 6 heteroatoms. The van der Waals surface area contributed by atoms with Crippen LogP contribution in [0.2, 0.25) is 0 Å². The van der Waals surface area contributed by atoms with Gasteiger partial charge in [0.05, 0.1) is 11.9 Å². The Labute approximate surface area is 142 Å². The molecular weight excluding hydrogens is 312 g/mol. The predicted molar refractivity (Wildman–Crippen MR) is 93.3 cm³/mol. The van der Waals surface area contributed by atoms with Crippen molar-refractivity contribution >= 4 is 24.0 Å². The molecule has 0 saturated carbocycles. The lowest BCUT2D eigenvalue weighted by atomic mass is 9.92. The number of rotatable bonds is 3. The molecule has 0 bridgehead atoms. The first-order valence-electron chi connectivity index (χ1n) is 7.63. The van der Waals surface area contributed by atoms with Crippen LogP contribution in [0.1, 0.15) is 40.5 Å². The molecule has 0 aliphatic carbocycles. The van der Waals surface area contributed by atoms with E-state index in [1.54, 1.807) is 6.20 Å². The molecular formula is C17H21ClN4O. The van der Waals surface area contributed by atoms with E-state index in [-0.39, 0.29) is 18.3 Å². The first kappa shape index (κ1) is 17.4. The van der Waals surface area contributed by atoms with Crippen LogP contribution in [0, 0.1) is 6.92 Å². The molecule has 1 amide bonds. The minimum atomic E-state index is -0.236. The zero-order valence-electron chi connectivity index (χ0n) is 13.1. The monoisotopic (exact) mass is 332 g/mol. The molecule has 1 aromatic heterocycles. The molecule has 2 heterocycles. The van der Waals surface area contributed by atoms with Crippen LogP contribution in [-0.2, 0) is 0 Å². The van der Waals surface area contributed by atoms with E-state index in [0.29, 0.717) is 11.6 Å². The van der Waals surface area contributed by atoms with Crippen LogP contribution >= 0.6 is 12.4 Å². The zero-order chi connectivity index (χ0) is 15.4. The Balaban J connectivity index is 0.00000192. The average Bonchev–Trinajstić information content (AvgIpc) is 2.57. The molecule has 1 aliphatic rings. The summed E-state index contributed by atoms with van der Waals surface area (Å²) in [5, 5.41) is 6.27. The van der Waals surface area contributed by atoms with Gasteiger partial charge < -0.3 is 10.6 Å². The predicted octanol–water partition coefficient (Wildman–Crippen LogP) is 2.93. The van der Waals surface area contributed by atoms with Crippen molar-refractivity contribution in [3.8, 4) is 0 Å². The number of nitrogens with zero attached hydrogens (tertiary/aromatic N) is 2. The summed E-state index contributed by atoms with van der Waals surface area (Å²) in [7, 11) is 0. The summed E-state index contributed by atoms with van der Waals surface area (Å²) in [6.07, 6.45) is 5.52. The standard InChI is InChI=1S/C17H20N4O.ClH/c1-12-9-20-16(11-19-12)17(22)21-15-6-4-13(5-7-15)14-3-2-8-18-10-14;/h4-7,9,11,14,18H,2-3,8,10H2,1H3,(H,21,22);1H. The Kier molecular flexibility index (Phi) is 6.07. The van der Waals surface area contributed by atoms with Gasteiger partial charge in [0.2, 0.25) is 0 Å². The summed E-state index contributed by atoms with van der Waals surface area (Å²) < 4.78 is 0. The number of aryl methyl sites for hydroxylation is 1. The maximum atomic E-state index is 12.1. The lowest BCUT2D eigenvalue weighted by Crippen LogP contribution is -2.28. The number of hydrogen-bond donors (Lipinski definition) is 2. The first-order chi connectivity index (χ1) is 10.7. The third-order valence-corrected chi connectivity index (χ3v) is 3.95. The number of amides is 1. The number of carbonyl (C=O) groups excluding carboxylic acids is 1. The second-order valence-corrected chi connectivity index (χ2v) is 5.66. The van der Waals surface area contributed by atoms with E-state index >= 15 is 0 Å². The van der Waals surface area contributed by atoms with Gasteiger partial charge in [-0.15, -0.1) is 12.4 Å². The minimum absolute atomic E-state index is 0. The number of nitrogens with one attached hydrogen (secondary N) is 2. The molecule has 122 valence electrons. The third kappa shape index (κ3) is 4.50. The quantitative estimate of drug-likeness (QED) is 0.907. The van der Waals surface area contributed by atoms with E-state index in [4.69, 9.17) is 0 Å². The van der Waals surface area contributed by atoms with Gasteiger partial charge in [-0.25, -0.2) is 4.98 Å². The molecule has 1 atom stereocenters. The van der Waals surface area contributed by atoms with Crippen molar-refractivity contribution in [2.45, 2.75) is 25.7 Å². The highest BCUT2D eigenvalue weighted by Crippen LogP contribution is 2.24. The number of benzene rings is 1. The molecule has 0 spiro atoms. The molecule has 1 aromatic carbocycles. The summed E-state index contributed by atoms with van der Waals surface area (Å²) in [5.74, 6) is 0.334. The Morgan fingerprint density at radius 2 is 2.00 bits per heavy atom. The SMILES string of the molecule is Cc1cnc(C(=O)Nc2ccc(C3CCCNC3)cc2)cn1.Cl. The van der Waals surface area contributed by atoms with Crippen molar-refractivity contribution in [1.29, 1.82) is 0 Å². The van der Waals surface area contributed by atoms with Crippen molar-refractivity contribution < 1.29 is 4.79 Å². The van der Waals surface area contributed by atoms with Crippen molar-refractivity contribution in [3.05, 3.63) is 53.6 Å². The number of halogens is 1. The van der Waals surface area contributed by atoms with Crippen LogP contribution in [0.3, 0.4) is 0 Å². The molecule has 1 saturated heterocycles. The number of carbonyl (C=O) groups is 1. The fourth-order valence-electron chi connectivity index (χ4n) is 2.68. The van der Waals surface area contributed by atoms with Crippen LogP contribution in [0.25, 0.3) is 0 Å². The molecule has 1 unspecified atom stereocenters. The highest BCUT2D eigenvalue weighted by Gasteiger charge is 2.15. The number of anilines is 1. The lowest BCUT2D eigenvalue weighted by Gasteiger charge is -2.23. The van der Waals surface area contributed by atoms with Crippen molar-refractivity contribution in [2.75, 3.05) is 18.4 Å². The normalized spacial score (nSPS) is 17.2. The lowest BCUT2D eigenvalue weighted by molar-refractivity contribution is 0.102. The van der Waals surface area contributed by atoms with Crippen LogP contribution < -0.4 is 10.6 Å². The molecule has 5 nitrogen and oxygen atoms in total.